The highest BCUT2D eigenvalue weighted by molar-refractivity contribution is 5.76. The molecule has 0 bridgehead atoms. The first-order valence-electron chi connectivity index (χ1n) is 4.66. The molecule has 16 heavy (non-hydrogen) atoms. The largest absolute Gasteiger partial charge is 0.480 e. The van der Waals surface area contributed by atoms with E-state index in [4.69, 9.17) is 10.8 Å². The van der Waals surface area contributed by atoms with Crippen molar-refractivity contribution in [1.29, 1.82) is 0 Å². The van der Waals surface area contributed by atoms with E-state index in [0.717, 1.165) is 0 Å². The van der Waals surface area contributed by atoms with Crippen molar-refractivity contribution in [2.24, 2.45) is 5.73 Å². The molecule has 8 heteroatoms. The number of aromatic amines is 1. The normalized spacial score (nSPS) is 19.1. The summed E-state index contributed by atoms with van der Waals surface area (Å²) in [5, 5.41) is 25.3. The summed E-state index contributed by atoms with van der Waals surface area (Å²) in [6, 6.07) is 0.172. The minimum atomic E-state index is -1.12. The SMILES string of the molecule is NC(C(=O)O)C1(c2cc([N+](=O)[O-])[nH]n2)CC1. The van der Waals surface area contributed by atoms with E-state index in [-0.39, 0.29) is 5.82 Å². The highest BCUT2D eigenvalue weighted by Gasteiger charge is 2.55. The minimum Gasteiger partial charge on any atom is -0.480 e. The fourth-order valence-corrected chi connectivity index (χ4v) is 1.76. The van der Waals surface area contributed by atoms with Crippen LogP contribution in [-0.4, -0.2) is 32.2 Å². The van der Waals surface area contributed by atoms with Crippen LogP contribution in [0, 0.1) is 10.1 Å². The van der Waals surface area contributed by atoms with Crippen molar-refractivity contribution >= 4 is 11.8 Å². The molecule has 1 saturated carbocycles. The van der Waals surface area contributed by atoms with E-state index in [1.165, 1.54) is 6.07 Å². The zero-order valence-corrected chi connectivity index (χ0v) is 8.21. The first kappa shape index (κ1) is 10.6. The summed E-state index contributed by atoms with van der Waals surface area (Å²) in [4.78, 5) is 20.6. The van der Waals surface area contributed by atoms with Crippen LogP contribution in [0.25, 0.3) is 0 Å². The summed E-state index contributed by atoms with van der Waals surface area (Å²) in [6.45, 7) is 0. The highest BCUT2D eigenvalue weighted by Crippen LogP contribution is 2.50. The molecule has 1 unspecified atom stereocenters. The average molecular weight is 226 g/mol. The standard InChI is InChI=1S/C8H10N4O4/c9-6(7(13)14)8(1-2-8)4-3-5(11-10-4)12(15)16/h3,6H,1-2,9H2,(H,10,11)(H,13,14). The molecule has 0 amide bonds. The van der Waals surface area contributed by atoms with Gasteiger partial charge in [-0.2, -0.15) is 0 Å². The fraction of sp³-hybridized carbons (Fsp3) is 0.500. The van der Waals surface area contributed by atoms with Crippen molar-refractivity contribution in [1.82, 2.24) is 10.2 Å². The van der Waals surface area contributed by atoms with Crippen molar-refractivity contribution in [2.45, 2.75) is 24.3 Å². The Morgan fingerprint density at radius 2 is 2.38 bits per heavy atom. The number of hydrogen-bond donors (Lipinski definition) is 3. The van der Waals surface area contributed by atoms with Crippen LogP contribution in [0.2, 0.25) is 0 Å². The van der Waals surface area contributed by atoms with Crippen molar-refractivity contribution in [3.05, 3.63) is 21.9 Å². The van der Waals surface area contributed by atoms with Crippen molar-refractivity contribution < 1.29 is 14.8 Å². The fourth-order valence-electron chi connectivity index (χ4n) is 1.76. The van der Waals surface area contributed by atoms with Gasteiger partial charge in [0.2, 0.25) is 0 Å². The summed E-state index contributed by atoms with van der Waals surface area (Å²) < 4.78 is 0. The van der Waals surface area contributed by atoms with Gasteiger partial charge in [-0.3, -0.25) is 4.79 Å². The lowest BCUT2D eigenvalue weighted by Crippen LogP contribution is -2.42. The number of nitrogens with zero attached hydrogens (tertiary/aromatic N) is 2. The Balaban J connectivity index is 2.30. The van der Waals surface area contributed by atoms with E-state index in [9.17, 15) is 14.9 Å². The van der Waals surface area contributed by atoms with Gasteiger partial charge in [-0.05, 0) is 17.8 Å². The van der Waals surface area contributed by atoms with Gasteiger partial charge in [-0.25, -0.2) is 0 Å². The van der Waals surface area contributed by atoms with E-state index in [2.05, 4.69) is 10.2 Å². The monoisotopic (exact) mass is 226 g/mol. The van der Waals surface area contributed by atoms with Gasteiger partial charge in [0.25, 0.3) is 0 Å². The van der Waals surface area contributed by atoms with Gasteiger partial charge in [0.05, 0.1) is 6.07 Å². The van der Waals surface area contributed by atoms with Crippen LogP contribution in [0.4, 0.5) is 5.82 Å². The molecule has 0 aliphatic heterocycles. The van der Waals surface area contributed by atoms with Gasteiger partial charge < -0.3 is 21.0 Å². The minimum absolute atomic E-state index is 0.251. The molecule has 1 aliphatic carbocycles. The third-order valence-electron chi connectivity index (χ3n) is 2.92. The average Bonchev–Trinajstić information content (AvgIpc) is 2.87. The van der Waals surface area contributed by atoms with Gasteiger partial charge in [-0.15, -0.1) is 5.10 Å². The number of hydrogen-bond acceptors (Lipinski definition) is 5. The summed E-state index contributed by atoms with van der Waals surface area (Å²) in [5.74, 6) is -1.37. The first-order chi connectivity index (χ1) is 7.47. The molecule has 1 heterocycles. The van der Waals surface area contributed by atoms with Crippen LogP contribution in [0.15, 0.2) is 6.07 Å². The second-order valence-electron chi connectivity index (χ2n) is 3.87. The lowest BCUT2D eigenvalue weighted by atomic mass is 9.93. The van der Waals surface area contributed by atoms with Crippen LogP contribution >= 0.6 is 0 Å². The molecule has 0 aromatic carbocycles. The molecule has 1 aromatic heterocycles. The van der Waals surface area contributed by atoms with Crippen LogP contribution in [0.1, 0.15) is 18.5 Å². The number of H-pyrrole nitrogens is 1. The highest BCUT2D eigenvalue weighted by atomic mass is 16.6. The van der Waals surface area contributed by atoms with Crippen molar-refractivity contribution in [3.63, 3.8) is 0 Å². The van der Waals surface area contributed by atoms with E-state index >= 15 is 0 Å². The number of nitrogens with two attached hydrogens (primary N) is 1. The number of rotatable bonds is 4. The molecule has 1 atom stereocenters. The Morgan fingerprint density at radius 1 is 1.75 bits per heavy atom. The molecule has 2 rings (SSSR count). The number of carboxylic acid groups (broad SMARTS) is 1. The molecule has 0 saturated heterocycles. The zero-order valence-electron chi connectivity index (χ0n) is 8.21. The molecule has 1 aromatic rings. The number of nitrogens with one attached hydrogen (secondary N) is 1. The lowest BCUT2D eigenvalue weighted by molar-refractivity contribution is -0.389. The maximum absolute atomic E-state index is 10.8. The number of carboxylic acids is 1. The van der Waals surface area contributed by atoms with Crippen LogP contribution in [0.3, 0.4) is 0 Å². The predicted octanol–water partition coefficient (Wildman–Crippen LogP) is -0.239. The molecular formula is C8H10N4O4. The number of nitro groups is 1. The smallest absolute Gasteiger partial charge is 0.342 e. The molecule has 1 fully saturated rings. The zero-order chi connectivity index (χ0) is 11.9. The van der Waals surface area contributed by atoms with E-state index in [1.807, 2.05) is 0 Å². The summed E-state index contributed by atoms with van der Waals surface area (Å²) in [7, 11) is 0. The van der Waals surface area contributed by atoms with E-state index < -0.39 is 22.3 Å². The lowest BCUT2D eigenvalue weighted by Gasteiger charge is -2.15. The Morgan fingerprint density at radius 3 is 2.75 bits per heavy atom. The van der Waals surface area contributed by atoms with Gasteiger partial charge in [0.15, 0.2) is 0 Å². The van der Waals surface area contributed by atoms with Crippen LogP contribution < -0.4 is 5.73 Å². The molecule has 1 aliphatic rings. The quantitative estimate of drug-likeness (QED) is 0.479. The maximum atomic E-state index is 10.8. The third kappa shape index (κ3) is 1.43. The summed E-state index contributed by atoms with van der Waals surface area (Å²) in [6.07, 6.45) is 1.17. The van der Waals surface area contributed by atoms with Crippen LogP contribution in [0.5, 0.6) is 0 Å². The molecule has 0 radical (unpaired) electrons. The number of aromatic nitrogens is 2. The first-order valence-corrected chi connectivity index (χ1v) is 4.66. The summed E-state index contributed by atoms with van der Waals surface area (Å²) >= 11 is 0. The molecule has 8 nitrogen and oxygen atoms in total. The number of aliphatic carboxylic acids is 1. The Bertz CT molecular complexity index is 451. The Hall–Kier alpha value is -1.96. The number of carbonyl (C=O) groups is 1. The predicted molar refractivity (Wildman–Crippen MR) is 51.8 cm³/mol. The maximum Gasteiger partial charge on any atom is 0.342 e. The van der Waals surface area contributed by atoms with E-state index in [0.29, 0.717) is 18.5 Å². The van der Waals surface area contributed by atoms with Crippen LogP contribution in [-0.2, 0) is 10.2 Å². The van der Waals surface area contributed by atoms with Gasteiger partial charge in [0.1, 0.15) is 11.7 Å². The molecule has 4 N–H and O–H groups in total. The second kappa shape index (κ2) is 3.27. The second-order valence-corrected chi connectivity index (χ2v) is 3.87. The van der Waals surface area contributed by atoms with Gasteiger partial charge >= 0.3 is 11.8 Å². The molecular weight excluding hydrogens is 216 g/mol. The Labute approximate surface area is 89.6 Å². The van der Waals surface area contributed by atoms with Gasteiger partial charge in [0, 0.05) is 5.41 Å². The van der Waals surface area contributed by atoms with Crippen molar-refractivity contribution in [2.75, 3.05) is 0 Å². The topological polar surface area (TPSA) is 135 Å². The van der Waals surface area contributed by atoms with E-state index in [1.54, 1.807) is 0 Å². The molecule has 86 valence electrons. The molecule has 0 spiro atoms. The van der Waals surface area contributed by atoms with Crippen molar-refractivity contribution in [3.8, 4) is 0 Å². The third-order valence-corrected chi connectivity index (χ3v) is 2.92. The summed E-state index contributed by atoms with van der Waals surface area (Å²) in [5.41, 5.74) is 5.17. The van der Waals surface area contributed by atoms with Gasteiger partial charge in [-0.1, -0.05) is 5.10 Å². The Kier molecular flexibility index (Phi) is 2.16.